The summed E-state index contributed by atoms with van der Waals surface area (Å²) in [6, 6.07) is 22.8. The largest absolute Gasteiger partial charge is 0.473 e. The molecule has 196 valence electrons. The fourth-order valence-corrected chi connectivity index (χ4v) is 3.06. The molecule has 0 unspecified atom stereocenters. The van der Waals surface area contributed by atoms with Crippen LogP contribution < -0.4 is 9.47 Å². The summed E-state index contributed by atoms with van der Waals surface area (Å²) in [4.78, 5) is 38.8. The summed E-state index contributed by atoms with van der Waals surface area (Å²) >= 11 is 0. The van der Waals surface area contributed by atoms with Gasteiger partial charge in [-0.1, -0.05) is 60.7 Å². The lowest BCUT2D eigenvalue weighted by atomic mass is 10.2. The quantitative estimate of drug-likeness (QED) is 0.313. The number of ether oxygens (including phenoxy) is 4. The third-order valence-corrected chi connectivity index (χ3v) is 4.86. The molecule has 38 heavy (non-hydrogen) atoms. The van der Waals surface area contributed by atoms with E-state index in [2.05, 4.69) is 29.4 Å². The molecule has 0 saturated carbocycles. The number of esters is 2. The Kier molecular flexibility index (Phi) is 10.2. The van der Waals surface area contributed by atoms with Gasteiger partial charge in [0.2, 0.25) is 23.4 Å². The number of aryl methyl sites for hydroxylation is 2. The first kappa shape index (κ1) is 27.7. The maximum absolute atomic E-state index is 11.4. The summed E-state index contributed by atoms with van der Waals surface area (Å²) in [7, 11) is 2.58. The van der Waals surface area contributed by atoms with Crippen molar-refractivity contribution in [3.8, 4) is 11.8 Å². The van der Waals surface area contributed by atoms with Crippen LogP contribution in [0.1, 0.15) is 43.8 Å². The maximum atomic E-state index is 11.4. The van der Waals surface area contributed by atoms with E-state index in [0.29, 0.717) is 36.4 Å². The monoisotopic (exact) mass is 516 g/mol. The predicted molar refractivity (Wildman–Crippen MR) is 138 cm³/mol. The first-order valence-corrected chi connectivity index (χ1v) is 11.6. The van der Waals surface area contributed by atoms with Crippen LogP contribution in [0, 0.1) is 13.8 Å². The highest BCUT2D eigenvalue weighted by Crippen LogP contribution is 2.13. The molecular weight excluding hydrogens is 488 g/mol. The average molecular weight is 517 g/mol. The summed E-state index contributed by atoms with van der Waals surface area (Å²) in [5.41, 5.74) is 3.36. The maximum Gasteiger partial charge on any atom is 0.376 e. The van der Waals surface area contributed by atoms with E-state index in [1.54, 1.807) is 26.0 Å². The highest BCUT2D eigenvalue weighted by molar-refractivity contribution is 5.85. The van der Waals surface area contributed by atoms with Gasteiger partial charge in [0.05, 0.1) is 14.2 Å². The molecule has 0 aliphatic carbocycles. The van der Waals surface area contributed by atoms with E-state index in [4.69, 9.17) is 9.47 Å². The minimum atomic E-state index is -0.576. The summed E-state index contributed by atoms with van der Waals surface area (Å²) < 4.78 is 20.3. The van der Waals surface area contributed by atoms with Gasteiger partial charge < -0.3 is 18.9 Å². The number of hydrogen-bond donors (Lipinski definition) is 0. The van der Waals surface area contributed by atoms with Crippen LogP contribution in [0.25, 0.3) is 0 Å². The fraction of sp³-hybridized carbons (Fsp3) is 0.214. The molecule has 0 atom stereocenters. The molecule has 4 aromatic rings. The molecule has 10 nitrogen and oxygen atoms in total. The first-order valence-electron chi connectivity index (χ1n) is 11.6. The van der Waals surface area contributed by atoms with E-state index in [1.165, 1.54) is 14.2 Å². The van der Waals surface area contributed by atoms with Crippen molar-refractivity contribution >= 4 is 11.9 Å². The van der Waals surface area contributed by atoms with Crippen LogP contribution >= 0.6 is 0 Å². The van der Waals surface area contributed by atoms with Crippen molar-refractivity contribution in [3.05, 3.63) is 107 Å². The second kappa shape index (κ2) is 14.0. The standard InChI is InChI=1S/2C14H14N2O3/c2*1-10-8-12(16-13(15-10)14(17)18-2)19-9-11-6-4-3-5-7-11/h2*3-8H,9H2,1-2H3. The second-order valence-electron chi connectivity index (χ2n) is 7.87. The summed E-state index contributed by atoms with van der Waals surface area (Å²) in [6.07, 6.45) is 0. The number of rotatable bonds is 8. The molecule has 4 rings (SSSR count). The van der Waals surface area contributed by atoms with Crippen LogP contribution in [0.4, 0.5) is 0 Å². The number of hydrogen-bond acceptors (Lipinski definition) is 10. The molecule has 0 radical (unpaired) electrons. The van der Waals surface area contributed by atoms with Crippen LogP contribution in [-0.2, 0) is 22.7 Å². The van der Waals surface area contributed by atoms with Crippen molar-refractivity contribution in [1.82, 2.24) is 19.9 Å². The zero-order valence-corrected chi connectivity index (χ0v) is 21.6. The van der Waals surface area contributed by atoms with E-state index in [-0.39, 0.29) is 11.6 Å². The lowest BCUT2D eigenvalue weighted by molar-refractivity contribution is 0.0576. The molecule has 0 bridgehead atoms. The lowest BCUT2D eigenvalue weighted by Crippen LogP contribution is -2.10. The van der Waals surface area contributed by atoms with Crippen LogP contribution in [0.15, 0.2) is 72.8 Å². The minimum Gasteiger partial charge on any atom is -0.473 e. The van der Waals surface area contributed by atoms with Gasteiger partial charge in [-0.3, -0.25) is 0 Å². The zero-order chi connectivity index (χ0) is 27.3. The van der Waals surface area contributed by atoms with E-state index in [1.807, 2.05) is 60.7 Å². The van der Waals surface area contributed by atoms with Crippen molar-refractivity contribution in [2.45, 2.75) is 27.1 Å². The highest BCUT2D eigenvalue weighted by atomic mass is 16.5. The van der Waals surface area contributed by atoms with Crippen molar-refractivity contribution < 1.29 is 28.5 Å². The molecule has 0 fully saturated rings. The molecule has 2 aromatic carbocycles. The van der Waals surface area contributed by atoms with Gasteiger partial charge in [0.25, 0.3) is 0 Å². The molecule has 2 aromatic heterocycles. The minimum absolute atomic E-state index is 0.00515. The van der Waals surface area contributed by atoms with E-state index in [9.17, 15) is 9.59 Å². The number of carbonyl (C=O) groups excluding carboxylic acids is 2. The van der Waals surface area contributed by atoms with Crippen LogP contribution in [-0.4, -0.2) is 46.1 Å². The normalized spacial score (nSPS) is 10.0. The average Bonchev–Trinajstić information content (AvgIpc) is 2.95. The second-order valence-corrected chi connectivity index (χ2v) is 7.87. The Hall–Kier alpha value is -4.86. The summed E-state index contributed by atoms with van der Waals surface area (Å²) in [6.45, 7) is 4.31. The third kappa shape index (κ3) is 8.66. The molecule has 0 spiro atoms. The smallest absolute Gasteiger partial charge is 0.376 e. The molecule has 0 amide bonds. The number of aromatic nitrogens is 4. The summed E-state index contributed by atoms with van der Waals surface area (Å²) in [5.74, 6) is -0.425. The van der Waals surface area contributed by atoms with Crippen molar-refractivity contribution in [2.24, 2.45) is 0 Å². The lowest BCUT2D eigenvalue weighted by Gasteiger charge is -2.07. The van der Waals surface area contributed by atoms with E-state index < -0.39 is 11.9 Å². The van der Waals surface area contributed by atoms with Crippen molar-refractivity contribution in [2.75, 3.05) is 14.2 Å². The Morgan fingerprint density at radius 3 is 1.32 bits per heavy atom. The van der Waals surface area contributed by atoms with Gasteiger partial charge in [-0.15, -0.1) is 0 Å². The number of methoxy groups -OCH3 is 2. The molecule has 0 saturated heterocycles. The van der Waals surface area contributed by atoms with Gasteiger partial charge in [-0.2, -0.15) is 9.97 Å². The Labute approximate surface area is 220 Å². The fourth-order valence-electron chi connectivity index (χ4n) is 3.06. The highest BCUT2D eigenvalue weighted by Gasteiger charge is 2.13. The first-order chi connectivity index (χ1) is 18.4. The molecule has 10 heteroatoms. The number of carbonyl (C=O) groups is 2. The number of nitrogens with zero attached hydrogens (tertiary/aromatic N) is 4. The van der Waals surface area contributed by atoms with Crippen molar-refractivity contribution in [3.63, 3.8) is 0 Å². The van der Waals surface area contributed by atoms with Gasteiger partial charge in [0.1, 0.15) is 13.2 Å². The van der Waals surface area contributed by atoms with Crippen molar-refractivity contribution in [1.29, 1.82) is 0 Å². The summed E-state index contributed by atoms with van der Waals surface area (Å²) in [5, 5.41) is 0. The molecule has 2 heterocycles. The molecule has 0 N–H and O–H groups in total. The Morgan fingerprint density at radius 2 is 0.974 bits per heavy atom. The Morgan fingerprint density at radius 1 is 0.605 bits per heavy atom. The van der Waals surface area contributed by atoms with Crippen LogP contribution in [0.3, 0.4) is 0 Å². The van der Waals surface area contributed by atoms with Gasteiger partial charge >= 0.3 is 11.9 Å². The molecule has 0 aliphatic heterocycles. The number of benzene rings is 2. The predicted octanol–water partition coefficient (Wildman–Crippen LogP) is 4.30. The third-order valence-electron chi connectivity index (χ3n) is 4.86. The Bertz CT molecular complexity index is 1250. The van der Waals surface area contributed by atoms with Gasteiger partial charge in [0.15, 0.2) is 0 Å². The zero-order valence-electron chi connectivity index (χ0n) is 21.6. The SMILES string of the molecule is COC(=O)c1nc(C)cc(OCc2ccccc2)n1.COC(=O)c1nc(C)cc(OCc2ccccc2)n1. The topological polar surface area (TPSA) is 123 Å². The molecule has 0 aliphatic rings. The van der Waals surface area contributed by atoms with Gasteiger partial charge in [-0.05, 0) is 25.0 Å². The van der Waals surface area contributed by atoms with Gasteiger partial charge in [-0.25, -0.2) is 19.6 Å². The Balaban J connectivity index is 0.000000211. The molecular formula is C28H28N4O6. The van der Waals surface area contributed by atoms with E-state index >= 15 is 0 Å². The van der Waals surface area contributed by atoms with E-state index in [0.717, 1.165) is 11.1 Å². The van der Waals surface area contributed by atoms with Gasteiger partial charge in [0, 0.05) is 23.5 Å². The van der Waals surface area contributed by atoms with Crippen LogP contribution in [0.2, 0.25) is 0 Å². The van der Waals surface area contributed by atoms with Crippen LogP contribution in [0.5, 0.6) is 11.8 Å².